The lowest BCUT2D eigenvalue weighted by Gasteiger charge is -2.26. The fraction of sp³-hybridized carbons (Fsp3) is 0.286. The molecule has 1 aromatic heterocycles. The number of nitrogens with one attached hydrogen (secondary N) is 1. The second-order valence-electron chi connectivity index (χ2n) is 6.12. The highest BCUT2D eigenvalue weighted by Gasteiger charge is 2.19. The number of para-hydroxylation sites is 1. The number of aromatic amines is 1. The molecule has 2 aromatic carbocycles. The number of nitrogens with zero attached hydrogens (tertiary/aromatic N) is 1. The first kappa shape index (κ1) is 21.9. The molecular weight excluding hydrogens is 430 g/mol. The standard InChI is InChI=1S/C14H17BrN2O.C7H6F2O/c1-3-10(2)17(9-15)14(18)12-4-5-13-11(8-12)6-7-16-13;8-7(9)10-6-4-2-1-3-5-6/h4-8,10,16H,3,9H2,1-2H3;1-5,7H. The molecule has 4 nitrogen and oxygen atoms in total. The van der Waals surface area contributed by atoms with Crippen LogP contribution in [0.25, 0.3) is 10.9 Å². The number of alkyl halides is 3. The lowest BCUT2D eigenvalue weighted by atomic mass is 10.1. The van der Waals surface area contributed by atoms with Crippen molar-refractivity contribution < 1.29 is 18.3 Å². The smallest absolute Gasteiger partial charge is 0.387 e. The Kier molecular flexibility index (Phi) is 8.44. The largest absolute Gasteiger partial charge is 0.435 e. The molecule has 0 saturated heterocycles. The van der Waals surface area contributed by atoms with Gasteiger partial charge in [-0.3, -0.25) is 4.79 Å². The number of H-pyrrole nitrogens is 1. The van der Waals surface area contributed by atoms with E-state index in [1.165, 1.54) is 12.1 Å². The third kappa shape index (κ3) is 6.05. The van der Waals surface area contributed by atoms with Gasteiger partial charge in [0.2, 0.25) is 0 Å². The average Bonchev–Trinajstić information content (AvgIpc) is 3.17. The van der Waals surface area contributed by atoms with E-state index in [1.54, 1.807) is 18.2 Å². The highest BCUT2D eigenvalue weighted by Crippen LogP contribution is 2.18. The first-order valence-corrected chi connectivity index (χ1v) is 10.0. The van der Waals surface area contributed by atoms with Crippen molar-refractivity contribution in [3.8, 4) is 5.75 Å². The Morgan fingerprint density at radius 3 is 2.50 bits per heavy atom. The van der Waals surface area contributed by atoms with Crippen LogP contribution in [0.3, 0.4) is 0 Å². The molecule has 0 aliphatic carbocycles. The van der Waals surface area contributed by atoms with Gasteiger partial charge < -0.3 is 14.6 Å². The van der Waals surface area contributed by atoms with Crippen molar-refractivity contribution >= 4 is 32.7 Å². The van der Waals surface area contributed by atoms with Gasteiger partial charge in [0.25, 0.3) is 5.91 Å². The summed E-state index contributed by atoms with van der Waals surface area (Å²) < 4.78 is 27.1. The monoisotopic (exact) mass is 452 g/mol. The van der Waals surface area contributed by atoms with Crippen molar-refractivity contribution in [3.05, 3.63) is 66.4 Å². The van der Waals surface area contributed by atoms with Crippen LogP contribution in [0.4, 0.5) is 8.78 Å². The van der Waals surface area contributed by atoms with E-state index in [-0.39, 0.29) is 17.7 Å². The second kappa shape index (κ2) is 10.8. The maximum absolute atomic E-state index is 12.4. The minimum Gasteiger partial charge on any atom is -0.435 e. The van der Waals surface area contributed by atoms with Gasteiger partial charge in [0, 0.05) is 28.7 Å². The van der Waals surface area contributed by atoms with Gasteiger partial charge in [-0.15, -0.1) is 0 Å². The molecule has 3 rings (SSSR count). The van der Waals surface area contributed by atoms with Crippen LogP contribution in [-0.4, -0.2) is 33.9 Å². The number of benzene rings is 2. The molecule has 28 heavy (non-hydrogen) atoms. The normalized spacial score (nSPS) is 11.6. The number of carbonyl (C=O) groups is 1. The molecule has 1 unspecified atom stereocenters. The van der Waals surface area contributed by atoms with E-state index < -0.39 is 6.61 Å². The molecule has 0 saturated carbocycles. The maximum atomic E-state index is 12.4. The van der Waals surface area contributed by atoms with E-state index in [2.05, 4.69) is 39.5 Å². The number of hydrogen-bond acceptors (Lipinski definition) is 2. The van der Waals surface area contributed by atoms with Crippen LogP contribution in [0.2, 0.25) is 0 Å². The van der Waals surface area contributed by atoms with Gasteiger partial charge in [0.1, 0.15) is 5.75 Å². The summed E-state index contributed by atoms with van der Waals surface area (Å²) in [6.07, 6.45) is 2.83. The van der Waals surface area contributed by atoms with Crippen LogP contribution in [0.5, 0.6) is 5.75 Å². The van der Waals surface area contributed by atoms with Crippen LogP contribution in [-0.2, 0) is 0 Å². The number of aromatic nitrogens is 1. The summed E-state index contributed by atoms with van der Waals surface area (Å²) in [7, 11) is 0. The zero-order valence-electron chi connectivity index (χ0n) is 15.7. The molecule has 0 aliphatic rings. The van der Waals surface area contributed by atoms with Gasteiger partial charge in [-0.2, -0.15) is 8.78 Å². The number of hydrogen-bond donors (Lipinski definition) is 1. The van der Waals surface area contributed by atoms with Crippen molar-refractivity contribution in [2.45, 2.75) is 32.9 Å². The van der Waals surface area contributed by atoms with Crippen molar-refractivity contribution in [1.29, 1.82) is 0 Å². The molecule has 0 fully saturated rings. The van der Waals surface area contributed by atoms with Gasteiger partial charge in [0.15, 0.2) is 0 Å². The molecule has 7 heteroatoms. The molecule has 150 valence electrons. The lowest BCUT2D eigenvalue weighted by molar-refractivity contribution is -0.0498. The van der Waals surface area contributed by atoms with E-state index in [1.807, 2.05) is 35.4 Å². The van der Waals surface area contributed by atoms with E-state index in [0.29, 0.717) is 5.45 Å². The minimum atomic E-state index is -2.73. The summed E-state index contributed by atoms with van der Waals surface area (Å²) in [5, 5.41) is 1.07. The molecular formula is C21H23BrF2N2O2. The molecule has 1 N–H and O–H groups in total. The number of halogens is 3. The average molecular weight is 453 g/mol. The number of rotatable bonds is 6. The predicted octanol–water partition coefficient (Wildman–Crippen LogP) is 6.05. The van der Waals surface area contributed by atoms with Crippen LogP contribution in [0.1, 0.15) is 30.6 Å². The van der Waals surface area contributed by atoms with Gasteiger partial charge in [0.05, 0.1) is 5.45 Å². The minimum absolute atomic E-state index is 0.0734. The maximum Gasteiger partial charge on any atom is 0.387 e. The Hall–Kier alpha value is -2.41. The van der Waals surface area contributed by atoms with Crippen molar-refractivity contribution in [2.75, 3.05) is 5.45 Å². The summed E-state index contributed by atoms with van der Waals surface area (Å²) in [4.78, 5) is 17.4. The van der Waals surface area contributed by atoms with Crippen LogP contribution in [0.15, 0.2) is 60.8 Å². The highest BCUT2D eigenvalue weighted by atomic mass is 79.9. The van der Waals surface area contributed by atoms with E-state index in [9.17, 15) is 13.6 Å². The van der Waals surface area contributed by atoms with Gasteiger partial charge in [-0.1, -0.05) is 41.1 Å². The Morgan fingerprint density at radius 2 is 1.89 bits per heavy atom. The summed E-state index contributed by atoms with van der Waals surface area (Å²) in [5.41, 5.74) is 2.36. The predicted molar refractivity (Wildman–Crippen MR) is 111 cm³/mol. The van der Waals surface area contributed by atoms with Crippen LogP contribution in [0, 0.1) is 0 Å². The Morgan fingerprint density at radius 1 is 1.18 bits per heavy atom. The molecule has 3 aromatic rings. The summed E-state index contributed by atoms with van der Waals surface area (Å²) in [6.45, 7) is 1.42. The van der Waals surface area contributed by atoms with Gasteiger partial charge >= 0.3 is 6.61 Å². The number of fused-ring (bicyclic) bond motifs is 1. The van der Waals surface area contributed by atoms with E-state index in [4.69, 9.17) is 0 Å². The molecule has 0 radical (unpaired) electrons. The molecule has 0 spiro atoms. The molecule has 1 amide bonds. The van der Waals surface area contributed by atoms with Crippen molar-refractivity contribution in [1.82, 2.24) is 9.88 Å². The van der Waals surface area contributed by atoms with E-state index in [0.717, 1.165) is 22.9 Å². The third-order valence-electron chi connectivity index (χ3n) is 4.28. The van der Waals surface area contributed by atoms with E-state index >= 15 is 0 Å². The van der Waals surface area contributed by atoms with Crippen molar-refractivity contribution in [3.63, 3.8) is 0 Å². The van der Waals surface area contributed by atoms with Crippen LogP contribution < -0.4 is 4.74 Å². The zero-order valence-corrected chi connectivity index (χ0v) is 17.3. The Bertz CT molecular complexity index is 871. The summed E-state index contributed by atoms with van der Waals surface area (Å²) in [5.74, 6) is 0.266. The van der Waals surface area contributed by atoms with Gasteiger partial charge in [-0.05, 0) is 49.7 Å². The molecule has 0 aliphatic heterocycles. The Labute approximate surface area is 171 Å². The molecule has 1 atom stereocenters. The topological polar surface area (TPSA) is 45.3 Å². The molecule has 1 heterocycles. The zero-order chi connectivity index (χ0) is 20.5. The SMILES string of the molecule is CCC(C)N(CBr)C(=O)c1ccc2[nH]ccc2c1.FC(F)Oc1ccccc1. The quantitative estimate of drug-likeness (QED) is 0.365. The fourth-order valence-corrected chi connectivity index (χ4v) is 3.27. The first-order valence-electron chi connectivity index (χ1n) is 8.90. The number of carbonyl (C=O) groups excluding carboxylic acids is 1. The fourth-order valence-electron chi connectivity index (χ4n) is 2.55. The summed E-state index contributed by atoms with van der Waals surface area (Å²) in [6, 6.07) is 15.9. The Balaban J connectivity index is 0.000000237. The number of ether oxygens (including phenoxy) is 1. The number of amides is 1. The summed E-state index contributed by atoms with van der Waals surface area (Å²) >= 11 is 3.40. The highest BCUT2D eigenvalue weighted by molar-refractivity contribution is 9.09. The van der Waals surface area contributed by atoms with Crippen molar-refractivity contribution in [2.24, 2.45) is 0 Å². The van der Waals surface area contributed by atoms with Gasteiger partial charge in [-0.25, -0.2) is 0 Å². The lowest BCUT2D eigenvalue weighted by Crippen LogP contribution is -2.37. The molecule has 0 bridgehead atoms. The third-order valence-corrected chi connectivity index (χ3v) is 4.82. The first-order chi connectivity index (χ1) is 13.5. The van der Waals surface area contributed by atoms with Crippen LogP contribution >= 0.6 is 15.9 Å². The second-order valence-corrected chi connectivity index (χ2v) is 6.62.